The molecule has 0 atom stereocenters. The molecule has 0 amide bonds. The van der Waals surface area contributed by atoms with E-state index in [1.165, 1.54) is 6.33 Å². The Hall–Kier alpha value is -1.05. The lowest BCUT2D eigenvalue weighted by atomic mass is 10.1. The summed E-state index contributed by atoms with van der Waals surface area (Å²) in [4.78, 5) is 8.40. The summed E-state index contributed by atoms with van der Waals surface area (Å²) < 4.78 is 0. The summed E-state index contributed by atoms with van der Waals surface area (Å²) in [6, 6.07) is 0. The first-order valence-electron chi connectivity index (χ1n) is 6.56. The van der Waals surface area contributed by atoms with Crippen LogP contribution in [0.25, 0.3) is 0 Å². The number of hydrazine groups is 1. The van der Waals surface area contributed by atoms with Crippen molar-refractivity contribution in [3.8, 4) is 0 Å². The van der Waals surface area contributed by atoms with E-state index in [0.29, 0.717) is 5.82 Å². The van der Waals surface area contributed by atoms with Crippen molar-refractivity contribution < 1.29 is 5.11 Å². The van der Waals surface area contributed by atoms with Crippen LogP contribution >= 0.6 is 11.8 Å². The van der Waals surface area contributed by atoms with Crippen LogP contribution in [0.15, 0.2) is 6.33 Å². The minimum Gasteiger partial charge on any atom is -0.396 e. The van der Waals surface area contributed by atoms with Crippen molar-refractivity contribution in [3.63, 3.8) is 0 Å². The van der Waals surface area contributed by atoms with Crippen molar-refractivity contribution in [1.82, 2.24) is 9.97 Å². The van der Waals surface area contributed by atoms with E-state index >= 15 is 0 Å². The molecule has 1 aromatic rings. The van der Waals surface area contributed by atoms with E-state index < -0.39 is 0 Å². The highest BCUT2D eigenvalue weighted by molar-refractivity contribution is 7.99. The number of nitrogens with two attached hydrogens (primary N) is 1. The quantitative estimate of drug-likeness (QED) is 0.292. The van der Waals surface area contributed by atoms with E-state index in [1.807, 2.05) is 11.8 Å². The van der Waals surface area contributed by atoms with Gasteiger partial charge in [0.15, 0.2) is 0 Å². The van der Waals surface area contributed by atoms with Gasteiger partial charge in [-0.05, 0) is 18.6 Å². The zero-order chi connectivity index (χ0) is 13.9. The first-order chi connectivity index (χ1) is 9.33. The molecule has 6 nitrogen and oxygen atoms in total. The number of nitrogens with one attached hydrogen (secondary N) is 2. The number of aliphatic hydroxyl groups is 1. The van der Waals surface area contributed by atoms with Crippen LogP contribution in [0.5, 0.6) is 0 Å². The van der Waals surface area contributed by atoms with Crippen molar-refractivity contribution in [2.24, 2.45) is 5.84 Å². The summed E-state index contributed by atoms with van der Waals surface area (Å²) in [7, 11) is 0. The Morgan fingerprint density at radius 3 is 2.79 bits per heavy atom. The van der Waals surface area contributed by atoms with Crippen molar-refractivity contribution >= 4 is 23.4 Å². The van der Waals surface area contributed by atoms with E-state index in [0.717, 1.165) is 48.7 Å². The van der Waals surface area contributed by atoms with Gasteiger partial charge in [-0.3, -0.25) is 0 Å². The maximum Gasteiger partial charge on any atom is 0.148 e. The SMILES string of the molecule is CCCc1c(NN)ncnc1NCCSCCCO. The average Bonchev–Trinajstić information content (AvgIpc) is 2.44. The van der Waals surface area contributed by atoms with Gasteiger partial charge in [-0.2, -0.15) is 11.8 Å². The fourth-order valence-corrected chi connectivity index (χ4v) is 2.47. The Bertz CT molecular complexity index is 364. The van der Waals surface area contributed by atoms with Crippen LogP contribution in [0.2, 0.25) is 0 Å². The molecule has 0 bridgehead atoms. The van der Waals surface area contributed by atoms with Crippen LogP contribution in [-0.2, 0) is 6.42 Å². The zero-order valence-corrected chi connectivity index (χ0v) is 12.2. The molecule has 0 unspecified atom stereocenters. The topological polar surface area (TPSA) is 96.1 Å². The van der Waals surface area contributed by atoms with E-state index in [1.54, 1.807) is 0 Å². The molecule has 0 aromatic carbocycles. The molecule has 1 aromatic heterocycles. The summed E-state index contributed by atoms with van der Waals surface area (Å²) >= 11 is 1.82. The van der Waals surface area contributed by atoms with E-state index in [2.05, 4.69) is 27.6 Å². The van der Waals surface area contributed by atoms with E-state index in [4.69, 9.17) is 10.9 Å². The highest BCUT2D eigenvalue weighted by atomic mass is 32.2. The van der Waals surface area contributed by atoms with Crippen LogP contribution in [-0.4, -0.2) is 39.7 Å². The van der Waals surface area contributed by atoms with Crippen molar-refractivity contribution in [1.29, 1.82) is 0 Å². The number of thioether (sulfide) groups is 1. The monoisotopic (exact) mass is 285 g/mol. The predicted molar refractivity (Wildman–Crippen MR) is 81.4 cm³/mol. The van der Waals surface area contributed by atoms with Gasteiger partial charge in [0, 0.05) is 24.5 Å². The number of aliphatic hydroxyl groups excluding tert-OH is 1. The second kappa shape index (κ2) is 9.82. The molecule has 1 rings (SSSR count). The molecule has 5 N–H and O–H groups in total. The maximum absolute atomic E-state index is 8.69. The zero-order valence-electron chi connectivity index (χ0n) is 11.4. The van der Waals surface area contributed by atoms with Gasteiger partial charge in [-0.25, -0.2) is 15.8 Å². The Balaban J connectivity index is 2.47. The number of hydrogen-bond donors (Lipinski definition) is 4. The number of rotatable bonds is 10. The number of hydrogen-bond acceptors (Lipinski definition) is 7. The predicted octanol–water partition coefficient (Wildman–Crippen LogP) is 1.24. The normalized spacial score (nSPS) is 10.5. The number of nitrogen functional groups attached to an aromatic ring is 1. The molecule has 0 fully saturated rings. The lowest BCUT2D eigenvalue weighted by molar-refractivity contribution is 0.296. The fraction of sp³-hybridized carbons (Fsp3) is 0.667. The molecule has 0 aliphatic carbocycles. The Morgan fingerprint density at radius 2 is 2.11 bits per heavy atom. The number of nitrogens with zero attached hydrogens (tertiary/aromatic N) is 2. The number of aromatic nitrogens is 2. The summed E-state index contributed by atoms with van der Waals surface area (Å²) in [5.74, 6) is 8.98. The molecule has 0 saturated carbocycles. The Labute approximate surface area is 118 Å². The van der Waals surface area contributed by atoms with Gasteiger partial charge in [-0.1, -0.05) is 13.3 Å². The smallest absolute Gasteiger partial charge is 0.148 e. The summed E-state index contributed by atoms with van der Waals surface area (Å²) in [5, 5.41) is 12.0. The molecule has 7 heteroatoms. The molecule has 0 radical (unpaired) electrons. The van der Waals surface area contributed by atoms with Gasteiger partial charge in [0.1, 0.15) is 18.0 Å². The lowest BCUT2D eigenvalue weighted by Crippen LogP contribution is -2.15. The minimum atomic E-state index is 0.262. The molecule has 0 aliphatic heterocycles. The molecule has 1 heterocycles. The second-order valence-corrected chi connectivity index (χ2v) is 5.28. The van der Waals surface area contributed by atoms with E-state index in [9.17, 15) is 0 Å². The maximum atomic E-state index is 8.69. The van der Waals surface area contributed by atoms with Crippen LogP contribution in [0.4, 0.5) is 11.6 Å². The fourth-order valence-electron chi connectivity index (χ4n) is 1.69. The standard InChI is InChI=1S/C12H23N5OS/c1-2-4-10-11(15-9-16-12(10)17-13)14-5-8-19-7-3-6-18/h9,18H,2-8,13H2,1H3,(H2,14,15,16,17). The van der Waals surface area contributed by atoms with Crippen molar-refractivity contribution in [2.75, 3.05) is 35.4 Å². The van der Waals surface area contributed by atoms with Crippen LogP contribution in [0.3, 0.4) is 0 Å². The molecular formula is C12H23N5OS. The lowest BCUT2D eigenvalue weighted by Gasteiger charge is -2.13. The summed E-state index contributed by atoms with van der Waals surface area (Å²) in [6.07, 6.45) is 4.26. The highest BCUT2D eigenvalue weighted by Crippen LogP contribution is 2.20. The third-order valence-corrected chi connectivity index (χ3v) is 3.64. The molecule has 108 valence electrons. The first kappa shape index (κ1) is 16.0. The van der Waals surface area contributed by atoms with Crippen molar-refractivity contribution in [3.05, 3.63) is 11.9 Å². The third kappa shape index (κ3) is 5.63. The average molecular weight is 285 g/mol. The van der Waals surface area contributed by atoms with Gasteiger partial charge in [0.05, 0.1) is 0 Å². The number of anilines is 2. The second-order valence-electron chi connectivity index (χ2n) is 4.06. The summed E-state index contributed by atoms with van der Waals surface area (Å²) in [5.41, 5.74) is 3.65. The van der Waals surface area contributed by atoms with Crippen LogP contribution in [0, 0.1) is 0 Å². The molecule has 19 heavy (non-hydrogen) atoms. The molecular weight excluding hydrogens is 262 g/mol. The Morgan fingerprint density at radius 1 is 1.32 bits per heavy atom. The minimum absolute atomic E-state index is 0.262. The van der Waals surface area contributed by atoms with Gasteiger partial charge in [0.25, 0.3) is 0 Å². The first-order valence-corrected chi connectivity index (χ1v) is 7.71. The summed E-state index contributed by atoms with van der Waals surface area (Å²) in [6.45, 7) is 3.22. The van der Waals surface area contributed by atoms with Gasteiger partial charge >= 0.3 is 0 Å². The molecule has 0 spiro atoms. The van der Waals surface area contributed by atoms with E-state index in [-0.39, 0.29) is 6.61 Å². The molecule has 0 saturated heterocycles. The highest BCUT2D eigenvalue weighted by Gasteiger charge is 2.09. The van der Waals surface area contributed by atoms with Crippen molar-refractivity contribution in [2.45, 2.75) is 26.2 Å². The van der Waals surface area contributed by atoms with Gasteiger partial charge in [0.2, 0.25) is 0 Å². The third-order valence-electron chi connectivity index (χ3n) is 2.57. The van der Waals surface area contributed by atoms with Crippen LogP contribution < -0.4 is 16.6 Å². The largest absolute Gasteiger partial charge is 0.396 e. The van der Waals surface area contributed by atoms with Gasteiger partial charge < -0.3 is 15.8 Å². The van der Waals surface area contributed by atoms with Crippen LogP contribution in [0.1, 0.15) is 25.3 Å². The Kier molecular flexibility index (Phi) is 8.28. The molecule has 0 aliphatic rings. The van der Waals surface area contributed by atoms with Gasteiger partial charge in [-0.15, -0.1) is 0 Å².